The number of hydrogen-bond acceptors (Lipinski definition) is 3. The molecule has 1 saturated heterocycles. The number of piperazine rings is 1. The average Bonchev–Trinajstić information content (AvgIpc) is 3.15. The zero-order valence-electron chi connectivity index (χ0n) is 15.6. The molecule has 1 N–H and O–H groups in total. The topological polar surface area (TPSA) is 48.6 Å². The van der Waals surface area contributed by atoms with Crippen LogP contribution in [0.2, 0.25) is 0 Å². The van der Waals surface area contributed by atoms with Crippen LogP contribution in [0.15, 0.2) is 54.7 Å². The van der Waals surface area contributed by atoms with E-state index in [1.54, 1.807) is 7.11 Å². The third-order valence-electron chi connectivity index (χ3n) is 5.37. The number of carbonyl (C=O) groups is 1. The first kappa shape index (κ1) is 17.6. The SMILES string of the molecule is COc1ccc(C(=O)N2CCN(CCc3c[nH]c4ccccc34)CC2)cc1. The molecule has 2 aromatic carbocycles. The number of ether oxygens (including phenoxy) is 1. The summed E-state index contributed by atoms with van der Waals surface area (Å²) in [6.45, 7) is 4.42. The number of fused-ring (bicyclic) bond motifs is 1. The van der Waals surface area contributed by atoms with Gasteiger partial charge in [0.15, 0.2) is 0 Å². The molecule has 0 radical (unpaired) electrons. The van der Waals surface area contributed by atoms with E-state index in [4.69, 9.17) is 4.74 Å². The Balaban J connectivity index is 1.30. The summed E-state index contributed by atoms with van der Waals surface area (Å²) in [6.07, 6.45) is 3.14. The first-order valence-electron chi connectivity index (χ1n) is 9.45. The number of aromatic amines is 1. The Labute approximate surface area is 159 Å². The highest BCUT2D eigenvalue weighted by Gasteiger charge is 2.22. The molecule has 5 nitrogen and oxygen atoms in total. The van der Waals surface area contributed by atoms with E-state index in [1.165, 1.54) is 16.5 Å². The van der Waals surface area contributed by atoms with Gasteiger partial charge in [0.1, 0.15) is 5.75 Å². The van der Waals surface area contributed by atoms with Crippen molar-refractivity contribution in [1.29, 1.82) is 0 Å². The molecule has 4 rings (SSSR count). The highest BCUT2D eigenvalue weighted by atomic mass is 16.5. The number of nitrogens with one attached hydrogen (secondary N) is 1. The van der Waals surface area contributed by atoms with Crippen molar-refractivity contribution in [3.8, 4) is 5.75 Å². The van der Waals surface area contributed by atoms with Gasteiger partial charge in [0.2, 0.25) is 0 Å². The van der Waals surface area contributed by atoms with E-state index in [0.717, 1.165) is 50.5 Å². The van der Waals surface area contributed by atoms with Gasteiger partial charge in [0, 0.05) is 55.4 Å². The average molecular weight is 363 g/mol. The van der Waals surface area contributed by atoms with Crippen molar-refractivity contribution in [3.05, 3.63) is 65.9 Å². The lowest BCUT2D eigenvalue weighted by molar-refractivity contribution is 0.0638. The second-order valence-electron chi connectivity index (χ2n) is 6.97. The van der Waals surface area contributed by atoms with Crippen molar-refractivity contribution in [1.82, 2.24) is 14.8 Å². The van der Waals surface area contributed by atoms with Gasteiger partial charge in [-0.15, -0.1) is 0 Å². The zero-order chi connectivity index (χ0) is 18.6. The molecule has 0 unspecified atom stereocenters. The lowest BCUT2D eigenvalue weighted by Gasteiger charge is -2.34. The number of hydrogen-bond donors (Lipinski definition) is 1. The first-order valence-corrected chi connectivity index (χ1v) is 9.45. The van der Waals surface area contributed by atoms with Crippen LogP contribution >= 0.6 is 0 Å². The van der Waals surface area contributed by atoms with Crippen LogP contribution in [0.3, 0.4) is 0 Å². The summed E-state index contributed by atoms with van der Waals surface area (Å²) < 4.78 is 5.16. The molecule has 5 heteroatoms. The molecule has 0 aliphatic carbocycles. The number of aromatic nitrogens is 1. The van der Waals surface area contributed by atoms with Crippen molar-refractivity contribution in [2.75, 3.05) is 39.8 Å². The monoisotopic (exact) mass is 363 g/mol. The largest absolute Gasteiger partial charge is 0.497 e. The van der Waals surface area contributed by atoms with Crippen molar-refractivity contribution < 1.29 is 9.53 Å². The molecule has 1 aliphatic heterocycles. The van der Waals surface area contributed by atoms with Gasteiger partial charge < -0.3 is 14.6 Å². The minimum Gasteiger partial charge on any atom is -0.497 e. The summed E-state index contributed by atoms with van der Waals surface area (Å²) in [4.78, 5) is 20.4. The molecule has 1 aliphatic rings. The molecule has 3 aromatic rings. The quantitative estimate of drug-likeness (QED) is 0.757. The third-order valence-corrected chi connectivity index (χ3v) is 5.37. The van der Waals surface area contributed by atoms with E-state index in [0.29, 0.717) is 0 Å². The molecule has 140 valence electrons. The van der Waals surface area contributed by atoms with Crippen molar-refractivity contribution in [2.24, 2.45) is 0 Å². The van der Waals surface area contributed by atoms with Gasteiger partial charge in [-0.3, -0.25) is 9.69 Å². The van der Waals surface area contributed by atoms with Gasteiger partial charge in [0.05, 0.1) is 7.11 Å². The summed E-state index contributed by atoms with van der Waals surface area (Å²) in [6, 6.07) is 15.8. The van der Waals surface area contributed by atoms with Gasteiger partial charge in [-0.05, 0) is 42.3 Å². The molecule has 2 heterocycles. The number of nitrogens with zero attached hydrogens (tertiary/aromatic N) is 2. The van der Waals surface area contributed by atoms with Crippen LogP contribution in [0.4, 0.5) is 0 Å². The van der Waals surface area contributed by atoms with Crippen LogP contribution in [0.25, 0.3) is 10.9 Å². The Bertz CT molecular complexity index is 909. The van der Waals surface area contributed by atoms with Crippen molar-refractivity contribution >= 4 is 16.8 Å². The summed E-state index contributed by atoms with van der Waals surface area (Å²) in [7, 11) is 1.63. The van der Waals surface area contributed by atoms with E-state index < -0.39 is 0 Å². The van der Waals surface area contributed by atoms with Crippen LogP contribution < -0.4 is 4.74 Å². The van der Waals surface area contributed by atoms with E-state index in [9.17, 15) is 4.79 Å². The Kier molecular flexibility index (Phi) is 5.12. The second-order valence-corrected chi connectivity index (χ2v) is 6.97. The minimum atomic E-state index is 0.105. The number of benzene rings is 2. The molecule has 1 amide bonds. The van der Waals surface area contributed by atoms with E-state index in [1.807, 2.05) is 29.2 Å². The van der Waals surface area contributed by atoms with Crippen molar-refractivity contribution in [2.45, 2.75) is 6.42 Å². The standard InChI is InChI=1S/C22H25N3O2/c1-27-19-8-6-17(7-9-19)22(26)25-14-12-24(13-15-25)11-10-18-16-23-21-5-3-2-4-20(18)21/h2-9,16,23H,10-15H2,1H3. The maximum Gasteiger partial charge on any atom is 0.253 e. The predicted molar refractivity (Wildman–Crippen MR) is 107 cm³/mol. The van der Waals surface area contributed by atoms with E-state index in [-0.39, 0.29) is 5.91 Å². The fourth-order valence-corrected chi connectivity index (χ4v) is 3.71. The molecular weight excluding hydrogens is 338 g/mol. The highest BCUT2D eigenvalue weighted by Crippen LogP contribution is 2.19. The fraction of sp³-hybridized carbons (Fsp3) is 0.318. The molecule has 0 bridgehead atoms. The van der Waals surface area contributed by atoms with Crippen LogP contribution in [0.5, 0.6) is 5.75 Å². The Hall–Kier alpha value is -2.79. The Morgan fingerprint density at radius 1 is 1.04 bits per heavy atom. The van der Waals surface area contributed by atoms with E-state index >= 15 is 0 Å². The highest BCUT2D eigenvalue weighted by molar-refractivity contribution is 5.94. The van der Waals surface area contributed by atoms with Crippen LogP contribution in [0.1, 0.15) is 15.9 Å². The molecule has 27 heavy (non-hydrogen) atoms. The van der Waals surface area contributed by atoms with Gasteiger partial charge in [-0.1, -0.05) is 18.2 Å². The molecular formula is C22H25N3O2. The van der Waals surface area contributed by atoms with E-state index in [2.05, 4.69) is 40.3 Å². The Morgan fingerprint density at radius 3 is 2.52 bits per heavy atom. The van der Waals surface area contributed by atoms with Gasteiger partial charge in [0.25, 0.3) is 5.91 Å². The Morgan fingerprint density at radius 2 is 1.78 bits per heavy atom. The number of rotatable bonds is 5. The molecule has 0 saturated carbocycles. The number of methoxy groups -OCH3 is 1. The molecule has 1 aromatic heterocycles. The van der Waals surface area contributed by atoms with Gasteiger partial charge in [-0.2, -0.15) is 0 Å². The van der Waals surface area contributed by atoms with Crippen LogP contribution in [-0.4, -0.2) is 60.5 Å². The number of para-hydroxylation sites is 1. The number of amides is 1. The normalized spacial score (nSPS) is 15.2. The molecule has 1 fully saturated rings. The van der Waals surface area contributed by atoms with Crippen molar-refractivity contribution in [3.63, 3.8) is 0 Å². The fourth-order valence-electron chi connectivity index (χ4n) is 3.71. The van der Waals surface area contributed by atoms with Crippen LogP contribution in [0, 0.1) is 0 Å². The lowest BCUT2D eigenvalue weighted by Crippen LogP contribution is -2.49. The predicted octanol–water partition coefficient (Wildman–Crippen LogP) is 3.18. The summed E-state index contributed by atoms with van der Waals surface area (Å²) in [5.41, 5.74) is 3.28. The molecule has 0 spiro atoms. The number of carbonyl (C=O) groups excluding carboxylic acids is 1. The summed E-state index contributed by atoms with van der Waals surface area (Å²) in [5.74, 6) is 0.877. The summed E-state index contributed by atoms with van der Waals surface area (Å²) >= 11 is 0. The lowest BCUT2D eigenvalue weighted by atomic mass is 10.1. The molecule has 0 atom stereocenters. The third kappa shape index (κ3) is 3.83. The second kappa shape index (κ2) is 7.84. The maximum atomic E-state index is 12.7. The number of H-pyrrole nitrogens is 1. The smallest absolute Gasteiger partial charge is 0.253 e. The zero-order valence-corrected chi connectivity index (χ0v) is 15.6. The maximum absolute atomic E-state index is 12.7. The minimum absolute atomic E-state index is 0.105. The summed E-state index contributed by atoms with van der Waals surface area (Å²) in [5, 5.41) is 1.31. The van der Waals surface area contributed by atoms with Gasteiger partial charge in [-0.25, -0.2) is 0 Å². The van der Waals surface area contributed by atoms with Crippen LogP contribution in [-0.2, 0) is 6.42 Å². The van der Waals surface area contributed by atoms with Gasteiger partial charge >= 0.3 is 0 Å². The first-order chi connectivity index (χ1) is 13.2.